The van der Waals surface area contributed by atoms with Crippen LogP contribution in [0, 0.1) is 0 Å². The zero-order valence-electron chi connectivity index (χ0n) is 10.0. The minimum absolute atomic E-state index is 0.261. The van der Waals surface area contributed by atoms with E-state index in [-0.39, 0.29) is 6.42 Å². The summed E-state index contributed by atoms with van der Waals surface area (Å²) >= 11 is 13.0. The Morgan fingerprint density at radius 2 is 1.90 bits per heavy atom. The summed E-state index contributed by atoms with van der Waals surface area (Å²) in [6, 6.07) is 6.26. The summed E-state index contributed by atoms with van der Waals surface area (Å²) in [6.07, 6.45) is -4.10. The molecule has 1 aromatic heterocycles. The van der Waals surface area contributed by atoms with Crippen LogP contribution in [0.15, 0.2) is 30.3 Å². The largest absolute Gasteiger partial charge is 0.416 e. The van der Waals surface area contributed by atoms with Gasteiger partial charge in [0.05, 0.1) is 14.2 Å². The van der Waals surface area contributed by atoms with Gasteiger partial charge < -0.3 is 5.73 Å². The Balaban J connectivity index is 2.20. The zero-order valence-corrected chi connectivity index (χ0v) is 12.4. The van der Waals surface area contributed by atoms with Crippen molar-refractivity contribution < 1.29 is 13.2 Å². The second kappa shape index (κ2) is 5.93. The van der Waals surface area contributed by atoms with Gasteiger partial charge in [-0.1, -0.05) is 41.4 Å². The second-order valence-corrected chi connectivity index (χ2v) is 6.57. The molecule has 20 heavy (non-hydrogen) atoms. The van der Waals surface area contributed by atoms with E-state index in [1.54, 1.807) is 12.1 Å². The molecule has 0 aliphatic rings. The first kappa shape index (κ1) is 15.6. The Labute approximate surface area is 128 Å². The van der Waals surface area contributed by atoms with Gasteiger partial charge in [0.2, 0.25) is 0 Å². The van der Waals surface area contributed by atoms with E-state index in [0.29, 0.717) is 19.8 Å². The fourth-order valence-corrected chi connectivity index (χ4v) is 3.44. The van der Waals surface area contributed by atoms with Crippen LogP contribution in [-0.2, 0) is 12.6 Å². The maximum Gasteiger partial charge on any atom is 0.416 e. The molecular weight excluding hydrogens is 330 g/mol. The molecule has 1 unspecified atom stereocenters. The second-order valence-electron chi connectivity index (χ2n) is 4.29. The molecule has 0 amide bonds. The highest BCUT2D eigenvalue weighted by Crippen LogP contribution is 2.36. The normalized spacial score (nSPS) is 13.5. The van der Waals surface area contributed by atoms with Gasteiger partial charge >= 0.3 is 6.18 Å². The van der Waals surface area contributed by atoms with Crippen molar-refractivity contribution in [1.82, 2.24) is 0 Å². The summed E-state index contributed by atoms with van der Waals surface area (Å²) in [4.78, 5) is 0. The molecule has 0 saturated carbocycles. The van der Waals surface area contributed by atoms with E-state index in [9.17, 15) is 13.2 Å². The lowest BCUT2D eigenvalue weighted by atomic mass is 10.0. The molecule has 7 heteroatoms. The summed E-state index contributed by atoms with van der Waals surface area (Å²) in [5.74, 6) is 0. The predicted octanol–water partition coefficient (Wildman–Crippen LogP) is 5.32. The summed E-state index contributed by atoms with van der Waals surface area (Å²) in [5.41, 5.74) is 6.46. The number of hydrogen-bond acceptors (Lipinski definition) is 2. The number of hydrogen-bond donors (Lipinski definition) is 1. The topological polar surface area (TPSA) is 26.0 Å². The first-order valence-corrected chi connectivity index (χ1v) is 7.21. The molecule has 1 heterocycles. The zero-order chi connectivity index (χ0) is 14.9. The average molecular weight is 340 g/mol. The Bertz CT molecular complexity index is 610. The number of rotatable bonds is 3. The molecule has 2 rings (SSSR count). The van der Waals surface area contributed by atoms with Gasteiger partial charge in [0.15, 0.2) is 0 Å². The lowest BCUT2D eigenvalue weighted by molar-refractivity contribution is -0.137. The van der Waals surface area contributed by atoms with Crippen LogP contribution >= 0.6 is 34.5 Å². The van der Waals surface area contributed by atoms with Gasteiger partial charge in [-0.05, 0) is 24.1 Å². The number of thiophene rings is 1. The first-order chi connectivity index (χ1) is 9.27. The lowest BCUT2D eigenvalue weighted by Gasteiger charge is -2.13. The minimum Gasteiger partial charge on any atom is -0.324 e. The van der Waals surface area contributed by atoms with Gasteiger partial charge in [0.1, 0.15) is 0 Å². The molecule has 0 fully saturated rings. The Kier molecular flexibility index (Phi) is 4.64. The van der Waals surface area contributed by atoms with Crippen molar-refractivity contribution in [2.24, 2.45) is 5.73 Å². The van der Waals surface area contributed by atoms with E-state index < -0.39 is 17.8 Å². The van der Waals surface area contributed by atoms with E-state index in [2.05, 4.69) is 0 Å². The van der Waals surface area contributed by atoms with Crippen molar-refractivity contribution in [1.29, 1.82) is 0 Å². The number of nitrogens with two attached hydrogens (primary N) is 1. The molecule has 1 atom stereocenters. The van der Waals surface area contributed by atoms with Crippen molar-refractivity contribution in [3.63, 3.8) is 0 Å². The molecular formula is C13H10Cl2F3NS. The van der Waals surface area contributed by atoms with Gasteiger partial charge in [-0.25, -0.2) is 0 Å². The third-order valence-corrected chi connectivity index (χ3v) is 4.31. The molecule has 0 radical (unpaired) electrons. The van der Waals surface area contributed by atoms with E-state index in [1.807, 2.05) is 0 Å². The van der Waals surface area contributed by atoms with Crippen LogP contribution in [0.1, 0.15) is 22.7 Å². The summed E-state index contributed by atoms with van der Waals surface area (Å²) in [5, 5.41) is 0. The Hall–Kier alpha value is -0.750. The van der Waals surface area contributed by atoms with Gasteiger partial charge in [-0.2, -0.15) is 13.2 Å². The fraction of sp³-hybridized carbons (Fsp3) is 0.231. The predicted molar refractivity (Wildman–Crippen MR) is 76.4 cm³/mol. The maximum absolute atomic E-state index is 12.6. The SMILES string of the molecule is NC(Cc1cccc(C(F)(F)F)c1)c1cc(Cl)sc1Cl. The third-order valence-electron chi connectivity index (χ3n) is 2.79. The molecule has 0 aliphatic heterocycles. The van der Waals surface area contributed by atoms with Gasteiger partial charge in [0, 0.05) is 11.6 Å². The van der Waals surface area contributed by atoms with Crippen LogP contribution in [0.25, 0.3) is 0 Å². The van der Waals surface area contributed by atoms with Gasteiger partial charge in [-0.15, -0.1) is 11.3 Å². The van der Waals surface area contributed by atoms with E-state index in [0.717, 1.165) is 12.1 Å². The summed E-state index contributed by atoms with van der Waals surface area (Å²) in [6.45, 7) is 0. The molecule has 0 aliphatic carbocycles. The van der Waals surface area contributed by atoms with Crippen molar-refractivity contribution in [3.05, 3.63) is 55.7 Å². The highest BCUT2D eigenvalue weighted by molar-refractivity contribution is 7.20. The van der Waals surface area contributed by atoms with Crippen molar-refractivity contribution >= 4 is 34.5 Å². The fourth-order valence-electron chi connectivity index (χ4n) is 1.84. The molecule has 0 spiro atoms. The van der Waals surface area contributed by atoms with Gasteiger partial charge in [-0.3, -0.25) is 0 Å². The molecule has 1 aromatic carbocycles. The van der Waals surface area contributed by atoms with E-state index >= 15 is 0 Å². The van der Waals surface area contributed by atoms with Crippen LogP contribution in [0.4, 0.5) is 13.2 Å². The van der Waals surface area contributed by atoms with Gasteiger partial charge in [0.25, 0.3) is 0 Å². The maximum atomic E-state index is 12.6. The highest BCUT2D eigenvalue weighted by Gasteiger charge is 2.30. The van der Waals surface area contributed by atoms with Crippen molar-refractivity contribution in [3.8, 4) is 0 Å². The van der Waals surface area contributed by atoms with Crippen molar-refractivity contribution in [2.75, 3.05) is 0 Å². The van der Waals surface area contributed by atoms with Crippen LogP contribution in [0.5, 0.6) is 0 Å². The summed E-state index contributed by atoms with van der Waals surface area (Å²) < 4.78 is 38.9. The van der Waals surface area contributed by atoms with Crippen LogP contribution in [0.2, 0.25) is 8.67 Å². The summed E-state index contributed by atoms with van der Waals surface area (Å²) in [7, 11) is 0. The standard InChI is InChI=1S/C13H10Cl2F3NS/c14-11-6-9(12(15)20-11)10(19)5-7-2-1-3-8(4-7)13(16,17)18/h1-4,6,10H,5,19H2. The van der Waals surface area contributed by atoms with Crippen LogP contribution < -0.4 is 5.73 Å². The number of alkyl halides is 3. The van der Waals surface area contributed by atoms with Crippen molar-refractivity contribution in [2.45, 2.75) is 18.6 Å². The molecule has 1 nitrogen and oxygen atoms in total. The highest BCUT2D eigenvalue weighted by atomic mass is 35.5. The number of halogens is 5. The Morgan fingerprint density at radius 3 is 2.45 bits per heavy atom. The first-order valence-electron chi connectivity index (χ1n) is 5.64. The molecule has 2 N–H and O–H groups in total. The molecule has 108 valence electrons. The van der Waals surface area contributed by atoms with E-state index in [1.165, 1.54) is 17.4 Å². The third kappa shape index (κ3) is 3.67. The molecule has 0 saturated heterocycles. The minimum atomic E-state index is -4.36. The monoisotopic (exact) mass is 339 g/mol. The van der Waals surface area contributed by atoms with Crippen LogP contribution in [-0.4, -0.2) is 0 Å². The number of benzene rings is 1. The van der Waals surface area contributed by atoms with E-state index in [4.69, 9.17) is 28.9 Å². The Morgan fingerprint density at radius 1 is 1.20 bits per heavy atom. The van der Waals surface area contributed by atoms with Crippen LogP contribution in [0.3, 0.4) is 0 Å². The smallest absolute Gasteiger partial charge is 0.324 e. The lowest BCUT2D eigenvalue weighted by Crippen LogP contribution is -2.13. The molecule has 2 aromatic rings. The quantitative estimate of drug-likeness (QED) is 0.804. The average Bonchev–Trinajstić information content (AvgIpc) is 2.68. The molecule has 0 bridgehead atoms.